The summed E-state index contributed by atoms with van der Waals surface area (Å²) in [4.78, 5) is 7.04. The Kier molecular flexibility index (Phi) is 5.71. The third-order valence-corrected chi connectivity index (χ3v) is 5.36. The number of aromatic nitrogens is 2. The minimum atomic E-state index is -0.262. The fourth-order valence-corrected chi connectivity index (χ4v) is 4.03. The molecular formula is C18H24ClFN4O. The molecule has 1 saturated carbocycles. The summed E-state index contributed by atoms with van der Waals surface area (Å²) >= 11 is 0. The van der Waals surface area contributed by atoms with Crippen LogP contribution in [-0.4, -0.2) is 40.2 Å². The van der Waals surface area contributed by atoms with Gasteiger partial charge in [0.15, 0.2) is 0 Å². The first-order valence-electron chi connectivity index (χ1n) is 8.80. The van der Waals surface area contributed by atoms with Crippen molar-refractivity contribution in [3.05, 3.63) is 36.0 Å². The van der Waals surface area contributed by atoms with Crippen molar-refractivity contribution >= 4 is 12.4 Å². The summed E-state index contributed by atoms with van der Waals surface area (Å²) in [5.74, 6) is 0.904. The fourth-order valence-electron chi connectivity index (χ4n) is 4.03. The second kappa shape index (κ2) is 7.81. The maximum absolute atomic E-state index is 13.0. The van der Waals surface area contributed by atoms with E-state index in [0.29, 0.717) is 18.3 Å². The number of hydrogen-bond acceptors (Lipinski definition) is 5. The highest BCUT2D eigenvalue weighted by Gasteiger charge is 2.40. The van der Waals surface area contributed by atoms with Gasteiger partial charge in [-0.05, 0) is 37.1 Å². The summed E-state index contributed by atoms with van der Waals surface area (Å²) in [5, 5.41) is 7.62. The number of rotatable bonds is 3. The zero-order valence-electron chi connectivity index (χ0n) is 14.2. The summed E-state index contributed by atoms with van der Waals surface area (Å²) in [6, 6.07) is 6.19. The van der Waals surface area contributed by atoms with E-state index in [1.807, 2.05) is 0 Å². The number of hydrogen-bond donors (Lipinski definition) is 1. The number of halogens is 2. The first kappa shape index (κ1) is 18.3. The van der Waals surface area contributed by atoms with Crippen LogP contribution < -0.4 is 5.32 Å². The Morgan fingerprint density at radius 1 is 1.16 bits per heavy atom. The molecule has 0 amide bonds. The van der Waals surface area contributed by atoms with E-state index in [-0.39, 0.29) is 23.8 Å². The second-order valence-electron chi connectivity index (χ2n) is 6.90. The summed E-state index contributed by atoms with van der Waals surface area (Å²) in [6.45, 7) is 3.75. The van der Waals surface area contributed by atoms with Gasteiger partial charge in [-0.1, -0.05) is 24.4 Å². The van der Waals surface area contributed by atoms with E-state index in [2.05, 4.69) is 20.4 Å². The molecule has 1 aromatic carbocycles. The van der Waals surface area contributed by atoms with E-state index in [9.17, 15) is 4.39 Å². The standard InChI is InChI=1S/C18H23FN4O.ClH/c19-15-6-4-14(5-7-15)17-21-16(24-22-17)12-23-11-10-20-13-18(23)8-2-1-3-9-18;/h4-7,20H,1-3,8-13H2;1H. The van der Waals surface area contributed by atoms with E-state index < -0.39 is 0 Å². The third kappa shape index (κ3) is 3.86. The number of piperazine rings is 1. The molecule has 1 aliphatic carbocycles. The van der Waals surface area contributed by atoms with E-state index in [1.54, 1.807) is 12.1 Å². The monoisotopic (exact) mass is 366 g/mol. The van der Waals surface area contributed by atoms with Gasteiger partial charge in [0.1, 0.15) is 5.82 Å². The van der Waals surface area contributed by atoms with Gasteiger partial charge in [-0.3, -0.25) is 4.90 Å². The molecule has 25 heavy (non-hydrogen) atoms. The number of nitrogens with zero attached hydrogens (tertiary/aromatic N) is 3. The highest BCUT2D eigenvalue weighted by Crippen LogP contribution is 2.35. The summed E-state index contributed by atoms with van der Waals surface area (Å²) < 4.78 is 18.5. The molecule has 0 bridgehead atoms. The lowest BCUT2D eigenvalue weighted by Crippen LogP contribution is -2.61. The van der Waals surface area contributed by atoms with Gasteiger partial charge in [0, 0.05) is 30.7 Å². The van der Waals surface area contributed by atoms with E-state index >= 15 is 0 Å². The summed E-state index contributed by atoms with van der Waals surface area (Å²) in [6.07, 6.45) is 6.40. The molecule has 7 heteroatoms. The van der Waals surface area contributed by atoms with Gasteiger partial charge in [-0.25, -0.2) is 4.39 Å². The second-order valence-corrected chi connectivity index (χ2v) is 6.90. The summed E-state index contributed by atoms with van der Waals surface area (Å²) in [7, 11) is 0. The largest absolute Gasteiger partial charge is 0.338 e. The Morgan fingerprint density at radius 2 is 1.92 bits per heavy atom. The molecule has 2 aromatic rings. The zero-order valence-corrected chi connectivity index (χ0v) is 15.0. The Morgan fingerprint density at radius 3 is 2.68 bits per heavy atom. The quantitative estimate of drug-likeness (QED) is 0.902. The van der Waals surface area contributed by atoms with Crippen LogP contribution in [0.5, 0.6) is 0 Å². The van der Waals surface area contributed by atoms with Crippen LogP contribution in [0.4, 0.5) is 4.39 Å². The molecule has 4 rings (SSSR count). The zero-order chi connectivity index (χ0) is 16.4. The van der Waals surface area contributed by atoms with Gasteiger partial charge in [0.2, 0.25) is 11.7 Å². The van der Waals surface area contributed by atoms with Crippen LogP contribution in [-0.2, 0) is 6.54 Å². The predicted molar refractivity (Wildman–Crippen MR) is 96.0 cm³/mol. The van der Waals surface area contributed by atoms with Crippen molar-refractivity contribution in [2.75, 3.05) is 19.6 Å². The van der Waals surface area contributed by atoms with Gasteiger partial charge in [-0.2, -0.15) is 4.98 Å². The SMILES string of the molecule is Cl.Fc1ccc(-c2noc(CN3CCNCC34CCCCC4)n2)cc1. The minimum Gasteiger partial charge on any atom is -0.338 e. The van der Waals surface area contributed by atoms with E-state index in [0.717, 1.165) is 25.2 Å². The van der Waals surface area contributed by atoms with E-state index in [4.69, 9.17) is 4.52 Å². The molecule has 2 fully saturated rings. The van der Waals surface area contributed by atoms with Crippen LogP contribution in [0.1, 0.15) is 38.0 Å². The van der Waals surface area contributed by atoms with Crippen LogP contribution in [0.2, 0.25) is 0 Å². The minimum absolute atomic E-state index is 0. The van der Waals surface area contributed by atoms with Crippen molar-refractivity contribution in [1.82, 2.24) is 20.4 Å². The topological polar surface area (TPSA) is 54.2 Å². The molecule has 1 N–H and O–H groups in total. The van der Waals surface area contributed by atoms with Crippen molar-refractivity contribution in [2.24, 2.45) is 0 Å². The highest BCUT2D eigenvalue weighted by molar-refractivity contribution is 5.85. The van der Waals surface area contributed by atoms with Crippen LogP contribution >= 0.6 is 12.4 Å². The molecular weight excluding hydrogens is 343 g/mol. The molecule has 136 valence electrons. The van der Waals surface area contributed by atoms with Crippen LogP contribution in [0.25, 0.3) is 11.4 Å². The van der Waals surface area contributed by atoms with Gasteiger partial charge in [0.25, 0.3) is 0 Å². The molecule has 0 atom stereocenters. The Hall–Kier alpha value is -1.50. The Bertz CT molecular complexity index is 676. The van der Waals surface area contributed by atoms with Gasteiger partial charge in [0.05, 0.1) is 6.54 Å². The van der Waals surface area contributed by atoms with E-state index in [1.165, 1.54) is 44.2 Å². The average Bonchev–Trinajstić information content (AvgIpc) is 3.07. The average molecular weight is 367 g/mol. The molecule has 2 aliphatic rings. The maximum Gasteiger partial charge on any atom is 0.241 e. The van der Waals surface area contributed by atoms with Gasteiger partial charge >= 0.3 is 0 Å². The molecule has 1 aromatic heterocycles. The van der Waals surface area contributed by atoms with Crippen molar-refractivity contribution in [1.29, 1.82) is 0 Å². The summed E-state index contributed by atoms with van der Waals surface area (Å²) in [5.41, 5.74) is 1.01. The lowest BCUT2D eigenvalue weighted by atomic mass is 9.79. The van der Waals surface area contributed by atoms with Gasteiger partial charge in [-0.15, -0.1) is 12.4 Å². The lowest BCUT2D eigenvalue weighted by Gasteiger charge is -2.49. The smallest absolute Gasteiger partial charge is 0.241 e. The van der Waals surface area contributed by atoms with Gasteiger partial charge < -0.3 is 9.84 Å². The van der Waals surface area contributed by atoms with Crippen molar-refractivity contribution in [3.63, 3.8) is 0 Å². The van der Waals surface area contributed by atoms with Crippen molar-refractivity contribution in [3.8, 4) is 11.4 Å². The molecule has 1 aliphatic heterocycles. The third-order valence-electron chi connectivity index (χ3n) is 5.36. The highest BCUT2D eigenvalue weighted by atomic mass is 35.5. The van der Waals surface area contributed by atoms with Crippen molar-refractivity contribution < 1.29 is 8.91 Å². The lowest BCUT2D eigenvalue weighted by molar-refractivity contribution is 0.0135. The Labute approximate surface area is 153 Å². The van der Waals surface area contributed by atoms with Crippen LogP contribution in [0.15, 0.2) is 28.8 Å². The number of benzene rings is 1. The molecule has 0 unspecified atom stereocenters. The Balaban J connectivity index is 0.00000182. The number of nitrogens with one attached hydrogen (secondary N) is 1. The van der Waals surface area contributed by atoms with Crippen LogP contribution in [0.3, 0.4) is 0 Å². The molecule has 5 nitrogen and oxygen atoms in total. The van der Waals surface area contributed by atoms with Crippen molar-refractivity contribution in [2.45, 2.75) is 44.2 Å². The maximum atomic E-state index is 13.0. The molecule has 1 saturated heterocycles. The molecule has 1 spiro atoms. The van der Waals surface area contributed by atoms with Crippen LogP contribution in [0, 0.1) is 5.82 Å². The predicted octanol–water partition coefficient (Wildman–Crippen LogP) is 3.41. The first-order valence-corrected chi connectivity index (χ1v) is 8.80. The fraction of sp³-hybridized carbons (Fsp3) is 0.556. The first-order chi connectivity index (χ1) is 11.8. The normalized spacial score (nSPS) is 20.4. The molecule has 2 heterocycles. The molecule has 0 radical (unpaired) electrons.